The molecule has 0 spiro atoms. The van der Waals surface area contributed by atoms with Gasteiger partial charge in [-0.05, 0) is 35.3 Å². The predicted molar refractivity (Wildman–Crippen MR) is 130 cm³/mol. The molecule has 0 saturated carbocycles. The molecule has 0 atom stereocenters. The fraction of sp³-hybridized carbons (Fsp3) is 0.360. The van der Waals surface area contributed by atoms with Gasteiger partial charge in [-0.2, -0.15) is 0 Å². The topological polar surface area (TPSA) is 83.8 Å². The standard InChI is InChI=1S/C25H29N3O4S/c1-4-24(29)26-13-15-27(16-14-26)25(30)12-10-19-9-11-23(21(17-19)28(31)32)33-22-8-6-5-7-20(22)18(2)3/h5-12,17-18H,4,13-16H2,1-3H3. The minimum atomic E-state index is -0.385. The highest BCUT2D eigenvalue weighted by Crippen LogP contribution is 2.39. The zero-order chi connectivity index (χ0) is 24.0. The van der Waals surface area contributed by atoms with Crippen molar-refractivity contribution in [1.82, 2.24) is 9.80 Å². The van der Waals surface area contributed by atoms with E-state index in [-0.39, 0.29) is 22.4 Å². The highest BCUT2D eigenvalue weighted by molar-refractivity contribution is 7.99. The molecule has 0 bridgehead atoms. The predicted octanol–water partition coefficient (Wildman–Crippen LogP) is 4.96. The van der Waals surface area contributed by atoms with Gasteiger partial charge in [0.1, 0.15) is 0 Å². The van der Waals surface area contributed by atoms with Gasteiger partial charge in [0.05, 0.1) is 9.82 Å². The van der Waals surface area contributed by atoms with Crippen molar-refractivity contribution in [2.24, 2.45) is 0 Å². The molecule has 0 aromatic heterocycles. The molecule has 2 amide bonds. The van der Waals surface area contributed by atoms with E-state index < -0.39 is 0 Å². The quantitative estimate of drug-likeness (QED) is 0.326. The summed E-state index contributed by atoms with van der Waals surface area (Å²) in [6.07, 6.45) is 3.51. The number of hydrogen-bond acceptors (Lipinski definition) is 5. The van der Waals surface area contributed by atoms with Gasteiger partial charge >= 0.3 is 0 Å². The van der Waals surface area contributed by atoms with Gasteiger partial charge < -0.3 is 9.80 Å². The Bertz CT molecular complexity index is 1060. The van der Waals surface area contributed by atoms with Crippen LogP contribution in [0.3, 0.4) is 0 Å². The molecule has 7 nitrogen and oxygen atoms in total. The molecule has 174 valence electrons. The van der Waals surface area contributed by atoms with E-state index in [1.165, 1.54) is 23.9 Å². The molecule has 0 aliphatic carbocycles. The van der Waals surface area contributed by atoms with Crippen molar-refractivity contribution < 1.29 is 14.5 Å². The zero-order valence-corrected chi connectivity index (χ0v) is 20.0. The molecule has 1 aliphatic heterocycles. The summed E-state index contributed by atoms with van der Waals surface area (Å²) in [5.74, 6) is 0.243. The third kappa shape index (κ3) is 6.22. The number of amides is 2. The normalized spacial score (nSPS) is 14.2. The maximum absolute atomic E-state index is 12.5. The lowest BCUT2D eigenvalue weighted by atomic mass is 10.0. The van der Waals surface area contributed by atoms with Gasteiger partial charge in [-0.3, -0.25) is 19.7 Å². The molecule has 3 rings (SSSR count). The number of hydrogen-bond donors (Lipinski definition) is 0. The maximum atomic E-state index is 12.5. The molecule has 0 radical (unpaired) electrons. The van der Waals surface area contributed by atoms with E-state index >= 15 is 0 Å². The number of benzene rings is 2. The van der Waals surface area contributed by atoms with Crippen LogP contribution in [0.4, 0.5) is 5.69 Å². The van der Waals surface area contributed by atoms with Crippen molar-refractivity contribution in [3.63, 3.8) is 0 Å². The first kappa shape index (κ1) is 24.5. The van der Waals surface area contributed by atoms with Crippen LogP contribution in [0.2, 0.25) is 0 Å². The number of rotatable bonds is 7. The van der Waals surface area contributed by atoms with Gasteiger partial charge in [-0.25, -0.2) is 0 Å². The van der Waals surface area contributed by atoms with E-state index in [2.05, 4.69) is 13.8 Å². The molecule has 1 fully saturated rings. The molecule has 8 heteroatoms. The van der Waals surface area contributed by atoms with E-state index in [0.29, 0.717) is 49.0 Å². The maximum Gasteiger partial charge on any atom is 0.283 e. The van der Waals surface area contributed by atoms with E-state index in [1.807, 2.05) is 31.2 Å². The van der Waals surface area contributed by atoms with Crippen LogP contribution in [0.15, 0.2) is 58.3 Å². The van der Waals surface area contributed by atoms with Gasteiger partial charge in [-0.15, -0.1) is 0 Å². The van der Waals surface area contributed by atoms with E-state index in [4.69, 9.17) is 0 Å². The Labute approximate surface area is 198 Å². The Morgan fingerprint density at radius 2 is 1.73 bits per heavy atom. The Kier molecular flexibility index (Phi) is 8.27. The van der Waals surface area contributed by atoms with Crippen LogP contribution in [0.1, 0.15) is 44.2 Å². The number of nitrogens with zero attached hydrogens (tertiary/aromatic N) is 3. The average molecular weight is 468 g/mol. The first-order chi connectivity index (χ1) is 15.8. The SMILES string of the molecule is CCC(=O)N1CCN(C(=O)C=Cc2ccc(Sc3ccccc3C(C)C)c([N+](=O)[O-])c2)CC1. The van der Waals surface area contributed by atoms with Gasteiger partial charge in [0.2, 0.25) is 11.8 Å². The van der Waals surface area contributed by atoms with Crippen LogP contribution >= 0.6 is 11.8 Å². The molecule has 33 heavy (non-hydrogen) atoms. The highest BCUT2D eigenvalue weighted by Gasteiger charge is 2.22. The summed E-state index contributed by atoms with van der Waals surface area (Å²) in [5.41, 5.74) is 1.75. The fourth-order valence-electron chi connectivity index (χ4n) is 3.71. The zero-order valence-electron chi connectivity index (χ0n) is 19.2. The second kappa shape index (κ2) is 11.1. The summed E-state index contributed by atoms with van der Waals surface area (Å²) in [5, 5.41) is 11.7. The first-order valence-electron chi connectivity index (χ1n) is 11.1. The van der Waals surface area contributed by atoms with Crippen LogP contribution in [-0.2, 0) is 9.59 Å². The molecule has 1 saturated heterocycles. The number of piperazine rings is 1. The Morgan fingerprint density at radius 1 is 1.06 bits per heavy atom. The minimum Gasteiger partial charge on any atom is -0.339 e. The van der Waals surface area contributed by atoms with Gasteiger partial charge in [0, 0.05) is 49.6 Å². The van der Waals surface area contributed by atoms with Crippen molar-refractivity contribution >= 4 is 35.3 Å². The van der Waals surface area contributed by atoms with Crippen molar-refractivity contribution in [2.45, 2.75) is 42.9 Å². The smallest absolute Gasteiger partial charge is 0.283 e. The van der Waals surface area contributed by atoms with Gasteiger partial charge in [-0.1, -0.05) is 56.8 Å². The fourth-order valence-corrected chi connectivity index (χ4v) is 4.89. The van der Waals surface area contributed by atoms with E-state index in [9.17, 15) is 19.7 Å². The Balaban J connectivity index is 1.72. The van der Waals surface area contributed by atoms with Gasteiger partial charge in [0.25, 0.3) is 5.69 Å². The molecule has 0 N–H and O–H groups in total. The summed E-state index contributed by atoms with van der Waals surface area (Å²) in [7, 11) is 0. The van der Waals surface area contributed by atoms with Crippen LogP contribution in [0.25, 0.3) is 6.08 Å². The number of carbonyl (C=O) groups excluding carboxylic acids is 2. The molecular weight excluding hydrogens is 438 g/mol. The van der Waals surface area contributed by atoms with Crippen LogP contribution in [-0.4, -0.2) is 52.7 Å². The van der Waals surface area contributed by atoms with Crippen LogP contribution in [0.5, 0.6) is 0 Å². The Morgan fingerprint density at radius 3 is 2.36 bits per heavy atom. The van der Waals surface area contributed by atoms with Crippen LogP contribution in [0, 0.1) is 10.1 Å². The monoisotopic (exact) mass is 467 g/mol. The summed E-state index contributed by atoms with van der Waals surface area (Å²) in [6.45, 7) is 8.05. The third-order valence-electron chi connectivity index (χ3n) is 5.61. The minimum absolute atomic E-state index is 0.0138. The van der Waals surface area contributed by atoms with Crippen LogP contribution < -0.4 is 0 Å². The Hall–Kier alpha value is -3.13. The second-order valence-corrected chi connectivity index (χ2v) is 9.26. The lowest BCUT2D eigenvalue weighted by Crippen LogP contribution is -2.50. The number of carbonyl (C=O) groups is 2. The lowest BCUT2D eigenvalue weighted by Gasteiger charge is -2.34. The van der Waals surface area contributed by atoms with Crippen molar-refractivity contribution in [1.29, 1.82) is 0 Å². The molecular formula is C25H29N3O4S. The lowest BCUT2D eigenvalue weighted by molar-refractivity contribution is -0.387. The van der Waals surface area contributed by atoms with Crippen molar-refractivity contribution in [3.8, 4) is 0 Å². The van der Waals surface area contributed by atoms with Gasteiger partial charge in [0.15, 0.2) is 0 Å². The second-order valence-electron chi connectivity index (χ2n) is 8.17. The van der Waals surface area contributed by atoms with E-state index in [0.717, 1.165) is 10.5 Å². The summed E-state index contributed by atoms with van der Waals surface area (Å²) >= 11 is 1.38. The van der Waals surface area contributed by atoms with Crippen molar-refractivity contribution in [3.05, 3.63) is 69.8 Å². The average Bonchev–Trinajstić information content (AvgIpc) is 2.82. The number of nitro benzene ring substituents is 1. The summed E-state index contributed by atoms with van der Waals surface area (Å²) < 4.78 is 0. The third-order valence-corrected chi connectivity index (χ3v) is 6.76. The summed E-state index contributed by atoms with van der Waals surface area (Å²) in [6, 6.07) is 12.9. The molecule has 0 unspecified atom stereocenters. The van der Waals surface area contributed by atoms with Crippen molar-refractivity contribution in [2.75, 3.05) is 26.2 Å². The first-order valence-corrected chi connectivity index (χ1v) is 11.9. The molecule has 1 heterocycles. The molecule has 2 aromatic rings. The molecule has 2 aromatic carbocycles. The summed E-state index contributed by atoms with van der Waals surface area (Å²) in [4.78, 5) is 40.7. The number of nitro groups is 1. The highest BCUT2D eigenvalue weighted by atomic mass is 32.2. The molecule has 1 aliphatic rings. The van der Waals surface area contributed by atoms with E-state index in [1.54, 1.807) is 28.0 Å². The largest absolute Gasteiger partial charge is 0.339 e.